The molecule has 0 saturated carbocycles. The van der Waals surface area contributed by atoms with Gasteiger partial charge >= 0.3 is 0 Å². The van der Waals surface area contributed by atoms with Crippen molar-refractivity contribution in [1.29, 1.82) is 0 Å². The maximum absolute atomic E-state index is 10.8. The van der Waals surface area contributed by atoms with Gasteiger partial charge in [-0.15, -0.1) is 0 Å². The highest BCUT2D eigenvalue weighted by Gasteiger charge is 2.15. The molecule has 0 aromatic heterocycles. The summed E-state index contributed by atoms with van der Waals surface area (Å²) in [5.74, 6) is 1.04. The van der Waals surface area contributed by atoms with E-state index in [9.17, 15) is 10.1 Å². The van der Waals surface area contributed by atoms with Crippen LogP contribution in [0.2, 0.25) is 0 Å². The van der Waals surface area contributed by atoms with Gasteiger partial charge in [0.15, 0.2) is 0 Å². The predicted octanol–water partition coefficient (Wildman–Crippen LogP) is 2.44. The molecule has 1 aromatic rings. The van der Waals surface area contributed by atoms with Crippen molar-refractivity contribution in [2.45, 2.75) is 12.8 Å². The fraction of sp³-hybridized carbons (Fsp3) is 0.538. The summed E-state index contributed by atoms with van der Waals surface area (Å²) in [4.78, 5) is 10.4. The number of hydrogen-bond donors (Lipinski definition) is 1. The molecule has 6 heteroatoms. The van der Waals surface area contributed by atoms with Gasteiger partial charge in [-0.2, -0.15) is 0 Å². The first kappa shape index (κ1) is 13.6. The molecule has 0 aliphatic carbocycles. The van der Waals surface area contributed by atoms with E-state index in [2.05, 4.69) is 5.32 Å². The van der Waals surface area contributed by atoms with Crippen LogP contribution < -0.4 is 10.1 Å². The Bertz CT molecular complexity index is 444. The van der Waals surface area contributed by atoms with Gasteiger partial charge in [-0.3, -0.25) is 10.1 Å². The van der Waals surface area contributed by atoms with Crippen LogP contribution in [-0.4, -0.2) is 31.8 Å². The molecule has 104 valence electrons. The molecule has 6 nitrogen and oxygen atoms in total. The van der Waals surface area contributed by atoms with E-state index in [0.717, 1.165) is 38.3 Å². The summed E-state index contributed by atoms with van der Waals surface area (Å²) >= 11 is 0. The molecule has 1 aliphatic rings. The van der Waals surface area contributed by atoms with Crippen molar-refractivity contribution in [3.05, 3.63) is 28.3 Å². The molecule has 1 fully saturated rings. The average molecular weight is 266 g/mol. The second-order valence-electron chi connectivity index (χ2n) is 4.61. The number of ether oxygens (including phenoxy) is 2. The van der Waals surface area contributed by atoms with E-state index in [1.54, 1.807) is 6.07 Å². The van der Waals surface area contributed by atoms with Crippen LogP contribution in [0.15, 0.2) is 18.2 Å². The molecule has 1 N–H and O–H groups in total. The smallest absolute Gasteiger partial charge is 0.275 e. The number of non-ortho nitro benzene ring substituents is 1. The number of benzene rings is 1. The van der Waals surface area contributed by atoms with Gasteiger partial charge in [0.1, 0.15) is 5.75 Å². The van der Waals surface area contributed by atoms with Crippen LogP contribution in [0.1, 0.15) is 12.8 Å². The Labute approximate surface area is 111 Å². The Morgan fingerprint density at radius 1 is 1.42 bits per heavy atom. The van der Waals surface area contributed by atoms with Crippen molar-refractivity contribution in [3.63, 3.8) is 0 Å². The van der Waals surface area contributed by atoms with Gasteiger partial charge in [0.25, 0.3) is 5.69 Å². The molecule has 0 bridgehead atoms. The summed E-state index contributed by atoms with van der Waals surface area (Å²) in [6.07, 6.45) is 2.05. The van der Waals surface area contributed by atoms with E-state index in [1.807, 2.05) is 0 Å². The third-order valence-electron chi connectivity index (χ3n) is 3.27. The first-order chi connectivity index (χ1) is 9.19. The Balaban J connectivity index is 2.02. The van der Waals surface area contributed by atoms with Gasteiger partial charge in [0.05, 0.1) is 18.1 Å². The molecule has 1 heterocycles. The lowest BCUT2D eigenvalue weighted by Crippen LogP contribution is -2.22. The van der Waals surface area contributed by atoms with Crippen molar-refractivity contribution in [3.8, 4) is 5.75 Å². The number of hydrogen-bond acceptors (Lipinski definition) is 5. The molecule has 1 saturated heterocycles. The minimum atomic E-state index is -0.415. The normalized spacial score (nSPS) is 16.1. The second kappa shape index (κ2) is 6.38. The summed E-state index contributed by atoms with van der Waals surface area (Å²) in [5, 5.41) is 14.1. The van der Waals surface area contributed by atoms with Gasteiger partial charge in [0.2, 0.25) is 0 Å². The first-order valence-electron chi connectivity index (χ1n) is 6.34. The lowest BCUT2D eigenvalue weighted by molar-refractivity contribution is -0.384. The molecular formula is C13H18N2O4. The Morgan fingerprint density at radius 2 is 2.16 bits per heavy atom. The SMILES string of the molecule is COc1cc(NCC2CCOCC2)cc([N+](=O)[O-])c1. The monoisotopic (exact) mass is 266 g/mol. The van der Waals surface area contributed by atoms with Crippen LogP contribution in [0.4, 0.5) is 11.4 Å². The van der Waals surface area contributed by atoms with Crippen molar-refractivity contribution >= 4 is 11.4 Å². The number of anilines is 1. The maximum atomic E-state index is 10.8. The zero-order chi connectivity index (χ0) is 13.7. The summed E-state index contributed by atoms with van der Waals surface area (Å²) in [5.41, 5.74) is 0.756. The maximum Gasteiger partial charge on any atom is 0.275 e. The number of rotatable bonds is 5. The van der Waals surface area contributed by atoms with Crippen molar-refractivity contribution < 1.29 is 14.4 Å². The number of nitrogens with zero attached hydrogens (tertiary/aromatic N) is 1. The summed E-state index contributed by atoms with van der Waals surface area (Å²) in [6, 6.07) is 4.72. The zero-order valence-electron chi connectivity index (χ0n) is 10.9. The quantitative estimate of drug-likeness (QED) is 0.654. The van der Waals surface area contributed by atoms with Gasteiger partial charge in [-0.05, 0) is 18.8 Å². The van der Waals surface area contributed by atoms with Crippen LogP contribution in [0, 0.1) is 16.0 Å². The topological polar surface area (TPSA) is 73.6 Å². The summed E-state index contributed by atoms with van der Waals surface area (Å²) in [7, 11) is 1.50. The van der Waals surface area contributed by atoms with Crippen LogP contribution in [-0.2, 0) is 4.74 Å². The summed E-state index contributed by atoms with van der Waals surface area (Å²) < 4.78 is 10.4. The second-order valence-corrected chi connectivity index (χ2v) is 4.61. The third kappa shape index (κ3) is 3.82. The van der Waals surface area contributed by atoms with Crippen molar-refractivity contribution in [2.24, 2.45) is 5.92 Å². The lowest BCUT2D eigenvalue weighted by atomic mass is 10.0. The highest BCUT2D eigenvalue weighted by molar-refractivity contribution is 5.56. The standard InChI is InChI=1S/C13H18N2O4/c1-18-13-7-11(6-12(8-13)15(16)17)14-9-10-2-4-19-5-3-10/h6-8,10,14H,2-5,9H2,1H3. The Kier molecular flexibility index (Phi) is 4.57. The highest BCUT2D eigenvalue weighted by Crippen LogP contribution is 2.26. The van der Waals surface area contributed by atoms with E-state index >= 15 is 0 Å². The Hall–Kier alpha value is -1.82. The Morgan fingerprint density at radius 3 is 2.79 bits per heavy atom. The number of nitro groups is 1. The molecule has 1 aromatic carbocycles. The first-order valence-corrected chi connectivity index (χ1v) is 6.34. The largest absolute Gasteiger partial charge is 0.496 e. The molecule has 0 atom stereocenters. The molecule has 0 spiro atoms. The number of methoxy groups -OCH3 is 1. The average Bonchev–Trinajstić information content (AvgIpc) is 2.45. The van der Waals surface area contributed by atoms with Gasteiger partial charge in [-0.1, -0.05) is 0 Å². The molecular weight excluding hydrogens is 248 g/mol. The van der Waals surface area contributed by atoms with Crippen molar-refractivity contribution in [1.82, 2.24) is 0 Å². The molecule has 0 unspecified atom stereocenters. The van der Waals surface area contributed by atoms with Gasteiger partial charge < -0.3 is 14.8 Å². The molecule has 0 radical (unpaired) electrons. The fourth-order valence-electron chi connectivity index (χ4n) is 2.12. The minimum absolute atomic E-state index is 0.0360. The molecule has 2 rings (SSSR count). The minimum Gasteiger partial charge on any atom is -0.496 e. The number of nitrogens with one attached hydrogen (secondary N) is 1. The predicted molar refractivity (Wildman–Crippen MR) is 71.7 cm³/mol. The van der Waals surface area contributed by atoms with E-state index in [1.165, 1.54) is 19.2 Å². The van der Waals surface area contributed by atoms with Crippen molar-refractivity contribution in [2.75, 3.05) is 32.2 Å². The highest BCUT2D eigenvalue weighted by atomic mass is 16.6. The molecule has 19 heavy (non-hydrogen) atoms. The van der Waals surface area contributed by atoms with E-state index in [0.29, 0.717) is 11.7 Å². The van der Waals surface area contributed by atoms with Crippen LogP contribution >= 0.6 is 0 Å². The fourth-order valence-corrected chi connectivity index (χ4v) is 2.12. The van der Waals surface area contributed by atoms with Crippen LogP contribution in [0.25, 0.3) is 0 Å². The van der Waals surface area contributed by atoms with Crippen LogP contribution in [0.3, 0.4) is 0 Å². The molecule has 0 amide bonds. The summed E-state index contributed by atoms with van der Waals surface area (Å²) in [6.45, 7) is 2.39. The van der Waals surface area contributed by atoms with Gasteiger partial charge in [-0.25, -0.2) is 0 Å². The number of nitro benzene ring substituents is 1. The van der Waals surface area contributed by atoms with E-state index in [4.69, 9.17) is 9.47 Å². The zero-order valence-corrected chi connectivity index (χ0v) is 10.9. The van der Waals surface area contributed by atoms with Crippen LogP contribution in [0.5, 0.6) is 5.75 Å². The van der Waals surface area contributed by atoms with Gasteiger partial charge in [0, 0.05) is 37.6 Å². The molecule has 1 aliphatic heterocycles. The lowest BCUT2D eigenvalue weighted by Gasteiger charge is -2.22. The van der Waals surface area contributed by atoms with E-state index in [-0.39, 0.29) is 5.69 Å². The van der Waals surface area contributed by atoms with E-state index < -0.39 is 4.92 Å². The third-order valence-corrected chi connectivity index (χ3v) is 3.27.